The first-order chi connectivity index (χ1) is 9.24. The molecular weight excluding hydrogens is 268 g/mol. The first-order valence-corrected chi connectivity index (χ1v) is 6.27. The highest BCUT2D eigenvalue weighted by Gasteiger charge is 2.13. The number of hydrogen-bond acceptors (Lipinski definition) is 4. The minimum absolute atomic E-state index is 0.0280. The van der Waals surface area contributed by atoms with Crippen molar-refractivity contribution in [3.63, 3.8) is 0 Å². The highest BCUT2D eigenvalue weighted by atomic mass is 35.5. The molecule has 1 aromatic heterocycles. The van der Waals surface area contributed by atoms with E-state index in [4.69, 9.17) is 20.8 Å². The number of alkyl halides is 1. The summed E-state index contributed by atoms with van der Waals surface area (Å²) in [6.45, 7) is -0.178. The van der Waals surface area contributed by atoms with E-state index in [1.165, 1.54) is 6.07 Å². The Balaban J connectivity index is 2.22. The molecule has 0 saturated carbocycles. The number of hydrogen-bond donors (Lipinski definition) is 1. The van der Waals surface area contributed by atoms with Crippen LogP contribution in [-0.4, -0.2) is 5.11 Å². The van der Waals surface area contributed by atoms with Crippen LogP contribution in [0.4, 0.5) is 0 Å². The maximum Gasteiger partial charge on any atom is 0.227 e. The third-order valence-electron chi connectivity index (χ3n) is 2.52. The van der Waals surface area contributed by atoms with E-state index >= 15 is 0 Å². The van der Waals surface area contributed by atoms with E-state index in [2.05, 4.69) is 0 Å². The highest BCUT2D eigenvalue weighted by Crippen LogP contribution is 2.17. The molecule has 0 bridgehead atoms. The van der Waals surface area contributed by atoms with Gasteiger partial charge >= 0.3 is 0 Å². The molecule has 0 aliphatic rings. The van der Waals surface area contributed by atoms with Crippen molar-refractivity contribution in [2.24, 2.45) is 0 Å². The van der Waals surface area contributed by atoms with Gasteiger partial charge in [0.25, 0.3) is 0 Å². The Hall–Kier alpha value is -1.78. The lowest BCUT2D eigenvalue weighted by molar-refractivity contribution is 0.214. The SMILES string of the molecule is O=c1cc(CCl)oc(CO)c1OCc1ccccc1. The van der Waals surface area contributed by atoms with Gasteiger partial charge in [0.15, 0.2) is 5.76 Å². The molecule has 0 aliphatic carbocycles. The molecular formula is C14H13ClO4. The molecule has 100 valence electrons. The lowest BCUT2D eigenvalue weighted by atomic mass is 10.2. The molecule has 0 amide bonds. The molecule has 1 aromatic carbocycles. The molecule has 0 radical (unpaired) electrons. The van der Waals surface area contributed by atoms with Crippen molar-refractivity contribution in [1.29, 1.82) is 0 Å². The number of aliphatic hydroxyl groups excluding tert-OH is 1. The second-order valence-corrected chi connectivity index (χ2v) is 4.16. The molecule has 4 nitrogen and oxygen atoms in total. The van der Waals surface area contributed by atoms with Crippen LogP contribution in [0.25, 0.3) is 0 Å². The summed E-state index contributed by atoms with van der Waals surface area (Å²) in [5.74, 6) is 0.503. The van der Waals surface area contributed by atoms with Gasteiger partial charge in [-0.3, -0.25) is 4.79 Å². The third kappa shape index (κ3) is 3.36. The predicted molar refractivity (Wildman–Crippen MR) is 71.2 cm³/mol. The van der Waals surface area contributed by atoms with Crippen LogP contribution >= 0.6 is 11.6 Å². The zero-order valence-corrected chi connectivity index (χ0v) is 10.9. The molecule has 1 heterocycles. The topological polar surface area (TPSA) is 59.7 Å². The average molecular weight is 281 g/mol. The maximum absolute atomic E-state index is 11.8. The van der Waals surface area contributed by atoms with Crippen LogP contribution in [0.3, 0.4) is 0 Å². The van der Waals surface area contributed by atoms with Gasteiger partial charge in [0.2, 0.25) is 11.2 Å². The monoisotopic (exact) mass is 280 g/mol. The zero-order valence-electron chi connectivity index (χ0n) is 10.1. The fraction of sp³-hybridized carbons (Fsp3) is 0.214. The summed E-state index contributed by atoms with van der Waals surface area (Å²) in [6, 6.07) is 10.7. The molecule has 0 aliphatic heterocycles. The second-order valence-electron chi connectivity index (χ2n) is 3.90. The number of benzene rings is 1. The van der Waals surface area contributed by atoms with E-state index in [9.17, 15) is 9.90 Å². The smallest absolute Gasteiger partial charge is 0.227 e. The van der Waals surface area contributed by atoms with Gasteiger partial charge in [0.1, 0.15) is 19.0 Å². The lowest BCUT2D eigenvalue weighted by Gasteiger charge is -2.09. The summed E-state index contributed by atoms with van der Waals surface area (Å²) in [5, 5.41) is 9.20. The number of ether oxygens (including phenoxy) is 1. The molecule has 19 heavy (non-hydrogen) atoms. The summed E-state index contributed by atoms with van der Waals surface area (Å²) in [6.07, 6.45) is 0. The molecule has 2 aromatic rings. The molecule has 2 rings (SSSR count). The molecule has 0 unspecified atom stereocenters. The minimum atomic E-state index is -0.413. The first kappa shape index (κ1) is 13.6. The van der Waals surface area contributed by atoms with E-state index < -0.39 is 6.61 Å². The van der Waals surface area contributed by atoms with Crippen molar-refractivity contribution in [2.75, 3.05) is 0 Å². The van der Waals surface area contributed by atoms with Gasteiger partial charge in [0.05, 0.1) is 5.88 Å². The lowest BCUT2D eigenvalue weighted by Crippen LogP contribution is -2.11. The largest absolute Gasteiger partial charge is 0.482 e. The van der Waals surface area contributed by atoms with Crippen LogP contribution in [-0.2, 0) is 19.1 Å². The molecule has 5 heteroatoms. The van der Waals surface area contributed by atoms with Crippen LogP contribution in [0, 0.1) is 0 Å². The van der Waals surface area contributed by atoms with Gasteiger partial charge in [-0.1, -0.05) is 30.3 Å². The van der Waals surface area contributed by atoms with Crippen molar-refractivity contribution in [3.05, 3.63) is 63.7 Å². The average Bonchev–Trinajstić information content (AvgIpc) is 2.46. The van der Waals surface area contributed by atoms with Gasteiger partial charge in [-0.05, 0) is 5.56 Å². The number of rotatable bonds is 5. The fourth-order valence-corrected chi connectivity index (χ4v) is 1.77. The number of aliphatic hydroxyl groups is 1. The summed E-state index contributed by atoms with van der Waals surface area (Å²) in [5.41, 5.74) is 0.578. The molecule has 0 saturated heterocycles. The first-order valence-electron chi connectivity index (χ1n) is 5.74. The summed E-state index contributed by atoms with van der Waals surface area (Å²) in [7, 11) is 0. The van der Waals surface area contributed by atoms with Gasteiger partial charge < -0.3 is 14.3 Å². The van der Waals surface area contributed by atoms with E-state index in [1.54, 1.807) is 0 Å². The van der Waals surface area contributed by atoms with Crippen molar-refractivity contribution >= 4 is 11.6 Å². The van der Waals surface area contributed by atoms with Crippen LogP contribution in [0.2, 0.25) is 0 Å². The van der Waals surface area contributed by atoms with Crippen LogP contribution in [0.1, 0.15) is 17.1 Å². The summed E-state index contributed by atoms with van der Waals surface area (Å²) >= 11 is 5.60. The highest BCUT2D eigenvalue weighted by molar-refractivity contribution is 6.16. The Kier molecular flexibility index (Phi) is 4.60. The Labute approximate surface area is 115 Å². The van der Waals surface area contributed by atoms with Crippen molar-refractivity contribution in [3.8, 4) is 5.75 Å². The van der Waals surface area contributed by atoms with Crippen molar-refractivity contribution in [1.82, 2.24) is 0 Å². The molecule has 0 atom stereocenters. The third-order valence-corrected chi connectivity index (χ3v) is 2.79. The van der Waals surface area contributed by atoms with Gasteiger partial charge in [-0.25, -0.2) is 0 Å². The normalized spacial score (nSPS) is 10.4. The van der Waals surface area contributed by atoms with Gasteiger partial charge in [0, 0.05) is 6.07 Å². The second kappa shape index (κ2) is 6.41. The number of halogens is 1. The Bertz CT molecular complexity index is 592. The Morgan fingerprint density at radius 1 is 1.26 bits per heavy atom. The van der Waals surface area contributed by atoms with E-state index in [0.717, 1.165) is 5.56 Å². The minimum Gasteiger partial charge on any atom is -0.482 e. The fourth-order valence-electron chi connectivity index (χ4n) is 1.63. The van der Waals surface area contributed by atoms with E-state index in [0.29, 0.717) is 5.76 Å². The Morgan fingerprint density at radius 3 is 2.63 bits per heavy atom. The van der Waals surface area contributed by atoms with Crippen LogP contribution in [0.5, 0.6) is 5.75 Å². The van der Waals surface area contributed by atoms with Crippen molar-refractivity contribution in [2.45, 2.75) is 19.1 Å². The maximum atomic E-state index is 11.8. The molecule has 0 fully saturated rings. The van der Waals surface area contributed by atoms with Gasteiger partial charge in [-0.2, -0.15) is 0 Å². The van der Waals surface area contributed by atoms with Gasteiger partial charge in [-0.15, -0.1) is 11.6 Å². The quantitative estimate of drug-likeness (QED) is 0.855. The van der Waals surface area contributed by atoms with E-state index in [1.807, 2.05) is 30.3 Å². The van der Waals surface area contributed by atoms with E-state index in [-0.39, 0.29) is 29.4 Å². The molecule has 1 N–H and O–H groups in total. The van der Waals surface area contributed by atoms with Crippen molar-refractivity contribution < 1.29 is 14.3 Å². The predicted octanol–water partition coefficient (Wildman–Crippen LogP) is 2.45. The summed E-state index contributed by atoms with van der Waals surface area (Å²) in [4.78, 5) is 11.8. The molecule has 0 spiro atoms. The standard InChI is InChI=1S/C14H13ClO4/c15-7-11-6-12(17)14(13(8-16)19-11)18-9-10-4-2-1-3-5-10/h1-6,16H,7-9H2. The van der Waals surface area contributed by atoms with Crippen LogP contribution < -0.4 is 10.2 Å². The van der Waals surface area contributed by atoms with Crippen LogP contribution in [0.15, 0.2) is 45.6 Å². The summed E-state index contributed by atoms with van der Waals surface area (Å²) < 4.78 is 10.7. The Morgan fingerprint density at radius 2 is 2.00 bits per heavy atom. The zero-order chi connectivity index (χ0) is 13.7.